The number of anilines is 1. The predicted octanol–water partition coefficient (Wildman–Crippen LogP) is 1.19. The molecule has 0 unspecified atom stereocenters. The summed E-state index contributed by atoms with van der Waals surface area (Å²) in [6.07, 6.45) is 0. The van der Waals surface area contributed by atoms with Crippen LogP contribution in [0.3, 0.4) is 0 Å². The van der Waals surface area contributed by atoms with Gasteiger partial charge in [-0.05, 0) is 13.8 Å². The second kappa shape index (κ2) is 6.20. The van der Waals surface area contributed by atoms with Crippen LogP contribution in [0.15, 0.2) is 17.2 Å². The number of amides is 1. The van der Waals surface area contributed by atoms with E-state index in [1.54, 1.807) is 0 Å². The first-order chi connectivity index (χ1) is 8.38. The molecule has 0 fully saturated rings. The second-order valence-corrected chi connectivity index (χ2v) is 4.85. The van der Waals surface area contributed by atoms with Crippen molar-refractivity contribution in [2.24, 2.45) is 0 Å². The van der Waals surface area contributed by atoms with Crippen LogP contribution in [0.25, 0.3) is 0 Å². The number of nitrogens with one attached hydrogen (secondary N) is 1. The van der Waals surface area contributed by atoms with Gasteiger partial charge in [0, 0.05) is 12.1 Å². The molecule has 0 atom stereocenters. The summed E-state index contributed by atoms with van der Waals surface area (Å²) in [5.41, 5.74) is 5.32. The first kappa shape index (κ1) is 14.2. The third-order valence-corrected chi connectivity index (χ3v) is 2.73. The number of nitrogen functional groups attached to an aromatic ring is 1. The first-order valence-electron chi connectivity index (χ1n) is 5.22. The molecule has 1 rings (SSSR count). The number of pyridine rings is 1. The Bertz CT molecular complexity index is 464. The highest BCUT2D eigenvalue weighted by molar-refractivity contribution is 7.99. The summed E-state index contributed by atoms with van der Waals surface area (Å²) in [5.74, 6) is 0.0593. The molecule has 8 heteroatoms. The Morgan fingerprint density at radius 2 is 2.28 bits per heavy atom. The van der Waals surface area contributed by atoms with Crippen molar-refractivity contribution in [2.75, 3.05) is 11.5 Å². The van der Waals surface area contributed by atoms with Gasteiger partial charge in [0.15, 0.2) is 0 Å². The Morgan fingerprint density at radius 1 is 1.61 bits per heavy atom. The van der Waals surface area contributed by atoms with Crippen LogP contribution < -0.4 is 11.1 Å². The molecule has 1 heterocycles. The lowest BCUT2D eigenvalue weighted by Crippen LogP contribution is -2.31. The fourth-order valence-electron chi connectivity index (χ4n) is 1.19. The van der Waals surface area contributed by atoms with Crippen LogP contribution in [-0.2, 0) is 4.79 Å². The van der Waals surface area contributed by atoms with Crippen molar-refractivity contribution in [1.29, 1.82) is 0 Å². The van der Waals surface area contributed by atoms with Crippen LogP contribution in [0.2, 0.25) is 0 Å². The molecular formula is C10H14N4O3S. The molecule has 7 nitrogen and oxygen atoms in total. The number of nitrogens with two attached hydrogens (primary N) is 1. The van der Waals surface area contributed by atoms with Gasteiger partial charge in [0.25, 0.3) is 5.69 Å². The van der Waals surface area contributed by atoms with E-state index in [4.69, 9.17) is 5.73 Å². The lowest BCUT2D eigenvalue weighted by Gasteiger charge is -2.07. The number of thioether (sulfide) groups is 1. The van der Waals surface area contributed by atoms with Gasteiger partial charge < -0.3 is 11.1 Å². The smallest absolute Gasteiger partial charge is 0.275 e. The quantitative estimate of drug-likeness (QED) is 0.472. The lowest BCUT2D eigenvalue weighted by atomic mass is 10.4. The highest BCUT2D eigenvalue weighted by atomic mass is 32.2. The minimum atomic E-state index is -0.545. The third kappa shape index (κ3) is 4.58. The molecule has 0 aliphatic heterocycles. The number of carbonyl (C=O) groups is 1. The van der Waals surface area contributed by atoms with E-state index in [2.05, 4.69) is 10.3 Å². The van der Waals surface area contributed by atoms with Gasteiger partial charge in [-0.1, -0.05) is 11.8 Å². The number of rotatable bonds is 5. The zero-order chi connectivity index (χ0) is 13.7. The molecule has 98 valence electrons. The Labute approximate surface area is 108 Å². The normalized spacial score (nSPS) is 10.4. The van der Waals surface area contributed by atoms with Gasteiger partial charge in [0.1, 0.15) is 10.8 Å². The second-order valence-electron chi connectivity index (χ2n) is 3.86. The van der Waals surface area contributed by atoms with Gasteiger partial charge in [0.2, 0.25) is 5.91 Å². The van der Waals surface area contributed by atoms with E-state index in [0.717, 1.165) is 11.8 Å². The van der Waals surface area contributed by atoms with Gasteiger partial charge in [-0.2, -0.15) is 0 Å². The van der Waals surface area contributed by atoms with Crippen molar-refractivity contribution in [3.8, 4) is 0 Å². The highest BCUT2D eigenvalue weighted by Gasteiger charge is 2.11. The summed E-state index contributed by atoms with van der Waals surface area (Å²) in [6.45, 7) is 3.71. The fourth-order valence-corrected chi connectivity index (χ4v) is 1.93. The average Bonchev–Trinajstić information content (AvgIpc) is 2.24. The van der Waals surface area contributed by atoms with E-state index in [1.165, 1.54) is 12.1 Å². The number of nitro groups is 1. The van der Waals surface area contributed by atoms with E-state index in [1.807, 2.05) is 13.8 Å². The largest absolute Gasteiger partial charge is 0.383 e. The Morgan fingerprint density at radius 3 is 2.83 bits per heavy atom. The summed E-state index contributed by atoms with van der Waals surface area (Å²) in [4.78, 5) is 25.4. The van der Waals surface area contributed by atoms with Crippen LogP contribution in [0.5, 0.6) is 0 Å². The van der Waals surface area contributed by atoms with Crippen molar-refractivity contribution < 1.29 is 9.72 Å². The van der Waals surface area contributed by atoms with Crippen molar-refractivity contribution in [3.63, 3.8) is 0 Å². The minimum absolute atomic E-state index is 0.0567. The zero-order valence-electron chi connectivity index (χ0n) is 10.0. The molecule has 0 radical (unpaired) electrons. The monoisotopic (exact) mass is 270 g/mol. The average molecular weight is 270 g/mol. The Kier molecular flexibility index (Phi) is 4.90. The van der Waals surface area contributed by atoms with E-state index in [9.17, 15) is 14.9 Å². The summed E-state index contributed by atoms with van der Waals surface area (Å²) in [5, 5.41) is 13.7. The number of aromatic nitrogens is 1. The van der Waals surface area contributed by atoms with Gasteiger partial charge in [-0.3, -0.25) is 14.9 Å². The van der Waals surface area contributed by atoms with Gasteiger partial charge in [-0.15, -0.1) is 0 Å². The molecule has 3 N–H and O–H groups in total. The number of hydrogen-bond donors (Lipinski definition) is 2. The molecule has 0 saturated heterocycles. The van der Waals surface area contributed by atoms with E-state index < -0.39 is 4.92 Å². The summed E-state index contributed by atoms with van der Waals surface area (Å²) >= 11 is 1.11. The van der Waals surface area contributed by atoms with Crippen molar-refractivity contribution in [1.82, 2.24) is 10.3 Å². The molecule has 0 aromatic carbocycles. The van der Waals surface area contributed by atoms with Crippen molar-refractivity contribution in [2.45, 2.75) is 24.9 Å². The lowest BCUT2D eigenvalue weighted by molar-refractivity contribution is -0.385. The van der Waals surface area contributed by atoms with Crippen LogP contribution in [0, 0.1) is 10.1 Å². The minimum Gasteiger partial charge on any atom is -0.383 e. The van der Waals surface area contributed by atoms with E-state index >= 15 is 0 Å². The van der Waals surface area contributed by atoms with Crippen LogP contribution in [0.4, 0.5) is 11.5 Å². The maximum absolute atomic E-state index is 11.4. The molecule has 0 aliphatic rings. The molecular weight excluding hydrogens is 256 g/mol. The van der Waals surface area contributed by atoms with Crippen molar-refractivity contribution in [3.05, 3.63) is 22.2 Å². The molecule has 0 bridgehead atoms. The maximum atomic E-state index is 11.4. The Balaban J connectivity index is 2.67. The zero-order valence-corrected chi connectivity index (χ0v) is 10.9. The topological polar surface area (TPSA) is 111 Å². The first-order valence-corrected chi connectivity index (χ1v) is 6.21. The summed E-state index contributed by atoms with van der Waals surface area (Å²) < 4.78 is 0. The van der Waals surface area contributed by atoms with Crippen molar-refractivity contribution >= 4 is 29.2 Å². The Hall–Kier alpha value is -1.83. The number of carbonyl (C=O) groups excluding carboxylic acids is 1. The molecule has 0 saturated carbocycles. The molecule has 18 heavy (non-hydrogen) atoms. The van der Waals surface area contributed by atoms with Gasteiger partial charge in [-0.25, -0.2) is 4.98 Å². The SMILES string of the molecule is CC(C)NC(=O)CSc1cc([N+](=O)[O-])cc(N)n1. The standard InChI is InChI=1S/C10H14N4O3S/c1-6(2)12-9(15)5-18-10-4-7(14(16)17)3-8(11)13-10/h3-4,6H,5H2,1-2H3,(H2,11,13)(H,12,15). The fraction of sp³-hybridized carbons (Fsp3) is 0.400. The summed E-state index contributed by atoms with van der Waals surface area (Å²) in [6, 6.07) is 2.53. The van der Waals surface area contributed by atoms with E-state index in [-0.39, 0.29) is 29.2 Å². The number of nitrogens with zero attached hydrogens (tertiary/aromatic N) is 2. The molecule has 0 spiro atoms. The van der Waals surface area contributed by atoms with Crippen LogP contribution in [-0.4, -0.2) is 27.6 Å². The van der Waals surface area contributed by atoms with E-state index in [0.29, 0.717) is 5.03 Å². The van der Waals surface area contributed by atoms with Gasteiger partial charge in [0.05, 0.1) is 16.7 Å². The number of hydrogen-bond acceptors (Lipinski definition) is 6. The van der Waals surface area contributed by atoms with Crippen LogP contribution >= 0.6 is 11.8 Å². The molecule has 1 amide bonds. The summed E-state index contributed by atoms with van der Waals surface area (Å²) in [7, 11) is 0. The molecule has 0 aliphatic carbocycles. The molecule has 1 aromatic heterocycles. The highest BCUT2D eigenvalue weighted by Crippen LogP contribution is 2.23. The maximum Gasteiger partial charge on any atom is 0.275 e. The predicted molar refractivity (Wildman–Crippen MR) is 69.3 cm³/mol. The third-order valence-electron chi connectivity index (χ3n) is 1.82. The molecule has 1 aromatic rings. The van der Waals surface area contributed by atoms with Crippen LogP contribution in [0.1, 0.15) is 13.8 Å². The van der Waals surface area contributed by atoms with Gasteiger partial charge >= 0.3 is 0 Å².